The lowest BCUT2D eigenvalue weighted by Crippen LogP contribution is -2.24. The Morgan fingerprint density at radius 1 is 1.03 bits per heavy atom. The number of carbonyl (C=O) groups excluding carboxylic acids is 1. The SMILES string of the molecule is Cc1ccc(COc2c(Br)cc(C=NNC(=O)Nc3ccccc3C)cc2Br)cc1. The molecule has 0 bridgehead atoms. The van der Waals surface area contributed by atoms with Crippen molar-refractivity contribution in [2.24, 2.45) is 5.10 Å². The Kier molecular flexibility index (Phi) is 7.65. The van der Waals surface area contributed by atoms with E-state index in [2.05, 4.69) is 66.8 Å². The molecular weight excluding hydrogens is 510 g/mol. The number of hydrazone groups is 1. The summed E-state index contributed by atoms with van der Waals surface area (Å²) in [6.07, 6.45) is 1.57. The number of nitrogens with one attached hydrogen (secondary N) is 2. The van der Waals surface area contributed by atoms with Crippen molar-refractivity contribution in [2.45, 2.75) is 20.5 Å². The maximum absolute atomic E-state index is 12.0. The lowest BCUT2D eigenvalue weighted by atomic mass is 10.2. The Morgan fingerprint density at radius 2 is 1.70 bits per heavy atom. The number of hydrogen-bond donors (Lipinski definition) is 2. The number of benzene rings is 3. The van der Waals surface area contributed by atoms with Crippen molar-refractivity contribution in [3.63, 3.8) is 0 Å². The number of ether oxygens (including phenoxy) is 1. The molecule has 5 nitrogen and oxygen atoms in total. The molecule has 3 aromatic carbocycles. The second-order valence-corrected chi connectivity index (χ2v) is 8.44. The van der Waals surface area contributed by atoms with E-state index in [0.717, 1.165) is 31.3 Å². The van der Waals surface area contributed by atoms with Gasteiger partial charge in [-0.2, -0.15) is 5.10 Å². The average Bonchev–Trinajstić information content (AvgIpc) is 2.70. The molecule has 0 saturated heterocycles. The lowest BCUT2D eigenvalue weighted by molar-refractivity contribution is 0.252. The molecule has 0 saturated carbocycles. The molecule has 7 heteroatoms. The highest BCUT2D eigenvalue weighted by atomic mass is 79.9. The van der Waals surface area contributed by atoms with Gasteiger partial charge in [-0.15, -0.1) is 0 Å². The number of aryl methyl sites for hydroxylation is 2. The van der Waals surface area contributed by atoms with Gasteiger partial charge in [-0.1, -0.05) is 48.0 Å². The molecule has 2 amide bonds. The normalized spacial score (nSPS) is 10.8. The Hall–Kier alpha value is -2.64. The molecule has 0 aromatic heterocycles. The van der Waals surface area contributed by atoms with Crippen LogP contribution in [0.4, 0.5) is 10.5 Å². The van der Waals surface area contributed by atoms with E-state index in [1.165, 1.54) is 5.56 Å². The highest BCUT2D eigenvalue weighted by Crippen LogP contribution is 2.35. The molecule has 154 valence electrons. The lowest BCUT2D eigenvalue weighted by Gasteiger charge is -2.11. The fraction of sp³-hybridized carbons (Fsp3) is 0.130. The molecule has 30 heavy (non-hydrogen) atoms. The van der Waals surface area contributed by atoms with Gasteiger partial charge in [0.1, 0.15) is 12.4 Å². The van der Waals surface area contributed by atoms with Crippen LogP contribution in [0.15, 0.2) is 74.7 Å². The van der Waals surface area contributed by atoms with Crippen LogP contribution in [-0.2, 0) is 6.61 Å². The minimum atomic E-state index is -0.406. The number of anilines is 1. The van der Waals surface area contributed by atoms with Gasteiger partial charge in [0, 0.05) is 5.69 Å². The molecule has 0 aliphatic heterocycles. The highest BCUT2D eigenvalue weighted by molar-refractivity contribution is 9.11. The van der Waals surface area contributed by atoms with E-state index in [1.54, 1.807) is 6.21 Å². The third-order valence-electron chi connectivity index (χ3n) is 4.30. The Bertz CT molecular complexity index is 1040. The van der Waals surface area contributed by atoms with Gasteiger partial charge < -0.3 is 10.1 Å². The average molecular weight is 531 g/mol. The van der Waals surface area contributed by atoms with Crippen molar-refractivity contribution in [1.29, 1.82) is 0 Å². The van der Waals surface area contributed by atoms with E-state index in [-0.39, 0.29) is 0 Å². The van der Waals surface area contributed by atoms with E-state index in [4.69, 9.17) is 4.74 Å². The van der Waals surface area contributed by atoms with Gasteiger partial charge >= 0.3 is 6.03 Å². The number of para-hydroxylation sites is 1. The summed E-state index contributed by atoms with van der Waals surface area (Å²) in [5.41, 5.74) is 7.29. The molecule has 3 aromatic rings. The number of carbonyl (C=O) groups is 1. The van der Waals surface area contributed by atoms with Crippen molar-refractivity contribution < 1.29 is 9.53 Å². The standard InChI is InChI=1S/C23H21Br2N3O2/c1-15-7-9-17(10-8-15)14-30-22-19(24)11-18(12-20(22)25)13-26-28-23(29)27-21-6-4-3-5-16(21)2/h3-13H,14H2,1-2H3,(H2,27,28,29). The minimum absolute atomic E-state index is 0.406. The van der Waals surface area contributed by atoms with Crippen LogP contribution < -0.4 is 15.5 Å². The van der Waals surface area contributed by atoms with Crippen LogP contribution in [0, 0.1) is 13.8 Å². The van der Waals surface area contributed by atoms with Crippen molar-refractivity contribution in [3.8, 4) is 5.75 Å². The summed E-state index contributed by atoms with van der Waals surface area (Å²) in [4.78, 5) is 12.0. The summed E-state index contributed by atoms with van der Waals surface area (Å²) in [6, 6.07) is 19.1. The summed E-state index contributed by atoms with van der Waals surface area (Å²) in [5.74, 6) is 0.706. The van der Waals surface area contributed by atoms with Crippen LogP contribution in [0.1, 0.15) is 22.3 Å². The van der Waals surface area contributed by atoms with Gasteiger partial charge in [-0.3, -0.25) is 0 Å². The Morgan fingerprint density at radius 3 is 2.37 bits per heavy atom. The van der Waals surface area contributed by atoms with Crippen molar-refractivity contribution in [2.75, 3.05) is 5.32 Å². The predicted molar refractivity (Wildman–Crippen MR) is 128 cm³/mol. The Labute approximate surface area is 192 Å². The third-order valence-corrected chi connectivity index (χ3v) is 5.48. The fourth-order valence-corrected chi connectivity index (χ4v) is 4.11. The van der Waals surface area contributed by atoms with Gasteiger partial charge in [0.15, 0.2) is 0 Å². The first-order valence-electron chi connectivity index (χ1n) is 9.25. The number of halogens is 2. The van der Waals surface area contributed by atoms with E-state index < -0.39 is 6.03 Å². The molecular formula is C23H21Br2N3O2. The van der Waals surface area contributed by atoms with Crippen molar-refractivity contribution >= 4 is 49.8 Å². The predicted octanol–water partition coefficient (Wildman–Crippen LogP) is 6.56. The Balaban J connectivity index is 1.59. The van der Waals surface area contributed by atoms with Gasteiger partial charge in [-0.25, -0.2) is 10.2 Å². The van der Waals surface area contributed by atoms with Crippen molar-refractivity contribution in [1.82, 2.24) is 5.43 Å². The maximum Gasteiger partial charge on any atom is 0.339 e. The quantitative estimate of drug-likeness (QED) is 0.280. The number of rotatable bonds is 6. The summed E-state index contributed by atoms with van der Waals surface area (Å²) >= 11 is 7.08. The first kappa shape index (κ1) is 22.1. The molecule has 0 aliphatic carbocycles. The highest BCUT2D eigenvalue weighted by Gasteiger charge is 2.09. The monoisotopic (exact) mass is 529 g/mol. The molecule has 0 atom stereocenters. The van der Waals surface area contributed by atoms with Crippen molar-refractivity contribution in [3.05, 3.63) is 91.9 Å². The van der Waals surface area contributed by atoms with E-state index in [0.29, 0.717) is 12.4 Å². The maximum atomic E-state index is 12.0. The third kappa shape index (κ3) is 6.18. The van der Waals surface area contributed by atoms with Gasteiger partial charge in [0.05, 0.1) is 15.2 Å². The molecule has 0 radical (unpaired) electrons. The zero-order chi connectivity index (χ0) is 21.5. The molecule has 0 fully saturated rings. The van der Waals surface area contributed by atoms with E-state index in [1.807, 2.05) is 55.5 Å². The molecule has 3 rings (SSSR count). The van der Waals surface area contributed by atoms with Gasteiger partial charge in [0.2, 0.25) is 0 Å². The second-order valence-electron chi connectivity index (χ2n) is 6.73. The zero-order valence-electron chi connectivity index (χ0n) is 16.6. The smallest absolute Gasteiger partial charge is 0.339 e. The summed E-state index contributed by atoms with van der Waals surface area (Å²) in [6.45, 7) is 4.45. The molecule has 0 heterocycles. The number of nitrogens with zero attached hydrogens (tertiary/aromatic N) is 1. The molecule has 0 unspecified atom stereocenters. The van der Waals surface area contributed by atoms with Crippen LogP contribution in [0.3, 0.4) is 0 Å². The van der Waals surface area contributed by atoms with E-state index >= 15 is 0 Å². The second kappa shape index (κ2) is 10.4. The fourth-order valence-electron chi connectivity index (χ4n) is 2.66. The van der Waals surface area contributed by atoms with E-state index in [9.17, 15) is 4.79 Å². The van der Waals surface area contributed by atoms with Gasteiger partial charge in [0.25, 0.3) is 0 Å². The molecule has 2 N–H and O–H groups in total. The first-order valence-corrected chi connectivity index (χ1v) is 10.8. The zero-order valence-corrected chi connectivity index (χ0v) is 19.7. The topological polar surface area (TPSA) is 62.7 Å². The summed E-state index contributed by atoms with van der Waals surface area (Å²) in [5, 5.41) is 6.77. The van der Waals surface area contributed by atoms with Crippen LogP contribution in [0.2, 0.25) is 0 Å². The molecule has 0 spiro atoms. The number of hydrogen-bond acceptors (Lipinski definition) is 3. The minimum Gasteiger partial charge on any atom is -0.487 e. The summed E-state index contributed by atoms with van der Waals surface area (Å²) in [7, 11) is 0. The van der Waals surface area contributed by atoms with Crippen LogP contribution in [0.25, 0.3) is 0 Å². The summed E-state index contributed by atoms with van der Waals surface area (Å²) < 4.78 is 7.52. The van der Waals surface area contributed by atoms with Crippen LogP contribution in [0.5, 0.6) is 5.75 Å². The first-order chi connectivity index (χ1) is 14.4. The number of amides is 2. The largest absolute Gasteiger partial charge is 0.487 e. The molecule has 0 aliphatic rings. The van der Waals surface area contributed by atoms with Crippen LogP contribution in [-0.4, -0.2) is 12.2 Å². The number of urea groups is 1. The van der Waals surface area contributed by atoms with Gasteiger partial charge in [-0.05, 0) is 80.6 Å². The van der Waals surface area contributed by atoms with Crippen LogP contribution >= 0.6 is 31.9 Å².